The SMILES string of the molecule is CC1CCc2c(CN)nc(C3CCC3)n2C1. The lowest BCUT2D eigenvalue weighted by Crippen LogP contribution is -2.23. The van der Waals surface area contributed by atoms with Crippen molar-refractivity contribution in [3.63, 3.8) is 0 Å². The summed E-state index contributed by atoms with van der Waals surface area (Å²) in [5, 5.41) is 0. The van der Waals surface area contributed by atoms with Gasteiger partial charge in [-0.05, 0) is 31.6 Å². The second-order valence-corrected chi connectivity index (χ2v) is 5.45. The summed E-state index contributed by atoms with van der Waals surface area (Å²) in [6.07, 6.45) is 6.50. The van der Waals surface area contributed by atoms with E-state index in [1.165, 1.54) is 43.6 Å². The zero-order valence-corrected chi connectivity index (χ0v) is 10.1. The Morgan fingerprint density at radius 1 is 1.38 bits per heavy atom. The molecule has 2 aliphatic rings. The molecule has 0 amide bonds. The third kappa shape index (κ3) is 1.49. The molecule has 0 aromatic carbocycles. The maximum absolute atomic E-state index is 5.81. The molecular formula is C13H21N3. The van der Waals surface area contributed by atoms with Crippen molar-refractivity contribution in [1.82, 2.24) is 9.55 Å². The maximum atomic E-state index is 5.81. The molecule has 1 fully saturated rings. The van der Waals surface area contributed by atoms with E-state index in [1.807, 2.05) is 0 Å². The summed E-state index contributed by atoms with van der Waals surface area (Å²) in [5.74, 6) is 2.86. The molecule has 1 aromatic rings. The Labute approximate surface area is 97.0 Å². The van der Waals surface area contributed by atoms with Gasteiger partial charge in [-0.2, -0.15) is 0 Å². The fourth-order valence-corrected chi connectivity index (χ4v) is 2.97. The molecule has 0 saturated heterocycles. The Balaban J connectivity index is 2.00. The van der Waals surface area contributed by atoms with E-state index in [4.69, 9.17) is 10.7 Å². The lowest BCUT2D eigenvalue weighted by atomic mass is 9.84. The molecule has 16 heavy (non-hydrogen) atoms. The lowest BCUT2D eigenvalue weighted by Gasteiger charge is -2.29. The van der Waals surface area contributed by atoms with Crippen LogP contribution in [-0.4, -0.2) is 9.55 Å². The van der Waals surface area contributed by atoms with Gasteiger partial charge in [0.25, 0.3) is 0 Å². The number of imidazole rings is 1. The van der Waals surface area contributed by atoms with Gasteiger partial charge < -0.3 is 10.3 Å². The fourth-order valence-electron chi connectivity index (χ4n) is 2.97. The Hall–Kier alpha value is -0.830. The minimum absolute atomic E-state index is 0.608. The van der Waals surface area contributed by atoms with Gasteiger partial charge in [-0.25, -0.2) is 4.98 Å². The van der Waals surface area contributed by atoms with Crippen LogP contribution >= 0.6 is 0 Å². The van der Waals surface area contributed by atoms with Crippen molar-refractivity contribution in [3.8, 4) is 0 Å². The van der Waals surface area contributed by atoms with Gasteiger partial charge in [0.1, 0.15) is 5.82 Å². The maximum Gasteiger partial charge on any atom is 0.112 e. The van der Waals surface area contributed by atoms with Gasteiger partial charge in [0, 0.05) is 24.7 Å². The summed E-state index contributed by atoms with van der Waals surface area (Å²) in [6, 6.07) is 0. The molecule has 1 aliphatic carbocycles. The number of aromatic nitrogens is 2. The first kappa shape index (κ1) is 10.3. The van der Waals surface area contributed by atoms with Crippen LogP contribution in [0.15, 0.2) is 0 Å². The standard InChI is InChI=1S/C13H21N3/c1-9-5-6-12-11(7-14)15-13(16(12)8-9)10-3-2-4-10/h9-10H,2-8,14H2,1H3. The first-order valence-corrected chi connectivity index (χ1v) is 6.58. The Morgan fingerprint density at radius 3 is 2.81 bits per heavy atom. The summed E-state index contributed by atoms with van der Waals surface area (Å²) in [6.45, 7) is 4.11. The third-order valence-corrected chi connectivity index (χ3v) is 4.22. The quantitative estimate of drug-likeness (QED) is 0.828. The van der Waals surface area contributed by atoms with Crippen LogP contribution in [-0.2, 0) is 19.5 Å². The smallest absolute Gasteiger partial charge is 0.112 e. The van der Waals surface area contributed by atoms with Gasteiger partial charge >= 0.3 is 0 Å². The third-order valence-electron chi connectivity index (χ3n) is 4.22. The minimum Gasteiger partial charge on any atom is -0.331 e. The highest BCUT2D eigenvalue weighted by Crippen LogP contribution is 2.38. The normalized spacial score (nSPS) is 25.2. The molecule has 1 unspecified atom stereocenters. The first-order valence-electron chi connectivity index (χ1n) is 6.58. The van der Waals surface area contributed by atoms with Gasteiger partial charge in [-0.1, -0.05) is 13.3 Å². The van der Waals surface area contributed by atoms with Crippen LogP contribution in [0.3, 0.4) is 0 Å². The average molecular weight is 219 g/mol. The molecular weight excluding hydrogens is 198 g/mol. The van der Waals surface area contributed by atoms with Crippen molar-refractivity contribution < 1.29 is 0 Å². The average Bonchev–Trinajstić information content (AvgIpc) is 2.54. The van der Waals surface area contributed by atoms with E-state index in [9.17, 15) is 0 Å². The van der Waals surface area contributed by atoms with Crippen LogP contribution in [0.4, 0.5) is 0 Å². The number of hydrogen-bond donors (Lipinski definition) is 1. The molecule has 1 aliphatic heterocycles. The van der Waals surface area contributed by atoms with Crippen LogP contribution in [0.1, 0.15) is 55.7 Å². The van der Waals surface area contributed by atoms with Crippen molar-refractivity contribution in [2.75, 3.05) is 0 Å². The van der Waals surface area contributed by atoms with Crippen LogP contribution in [0, 0.1) is 5.92 Å². The molecule has 3 heteroatoms. The molecule has 3 nitrogen and oxygen atoms in total. The van der Waals surface area contributed by atoms with E-state index in [-0.39, 0.29) is 0 Å². The van der Waals surface area contributed by atoms with Crippen LogP contribution in [0.2, 0.25) is 0 Å². The topological polar surface area (TPSA) is 43.8 Å². The highest BCUT2D eigenvalue weighted by Gasteiger charge is 2.29. The monoisotopic (exact) mass is 219 g/mol. The molecule has 0 spiro atoms. The number of nitrogens with zero attached hydrogens (tertiary/aromatic N) is 2. The summed E-state index contributed by atoms with van der Waals surface area (Å²) in [5.41, 5.74) is 8.40. The van der Waals surface area contributed by atoms with E-state index in [0.717, 1.165) is 24.1 Å². The first-order chi connectivity index (χ1) is 7.79. The van der Waals surface area contributed by atoms with Crippen molar-refractivity contribution in [1.29, 1.82) is 0 Å². The number of fused-ring (bicyclic) bond motifs is 1. The molecule has 3 rings (SSSR count). The molecule has 1 saturated carbocycles. The zero-order valence-electron chi connectivity index (χ0n) is 10.1. The fraction of sp³-hybridized carbons (Fsp3) is 0.769. The van der Waals surface area contributed by atoms with E-state index >= 15 is 0 Å². The summed E-state index contributed by atoms with van der Waals surface area (Å²) in [7, 11) is 0. The molecule has 0 radical (unpaired) electrons. The van der Waals surface area contributed by atoms with Crippen LogP contribution in [0.25, 0.3) is 0 Å². The Morgan fingerprint density at radius 2 is 2.19 bits per heavy atom. The summed E-state index contributed by atoms with van der Waals surface area (Å²) < 4.78 is 2.49. The predicted octanol–water partition coefficient (Wildman–Crippen LogP) is 2.19. The van der Waals surface area contributed by atoms with Gasteiger partial charge in [0.05, 0.1) is 5.69 Å². The highest BCUT2D eigenvalue weighted by atomic mass is 15.1. The molecule has 0 bridgehead atoms. The zero-order chi connectivity index (χ0) is 11.1. The van der Waals surface area contributed by atoms with Crippen molar-refractivity contribution in [2.24, 2.45) is 11.7 Å². The minimum atomic E-state index is 0.608. The van der Waals surface area contributed by atoms with Crippen LogP contribution < -0.4 is 5.73 Å². The summed E-state index contributed by atoms with van der Waals surface area (Å²) in [4.78, 5) is 4.80. The Kier molecular flexibility index (Phi) is 2.51. The van der Waals surface area contributed by atoms with Gasteiger partial charge in [-0.3, -0.25) is 0 Å². The molecule has 2 N–H and O–H groups in total. The predicted molar refractivity (Wildman–Crippen MR) is 64.2 cm³/mol. The van der Waals surface area contributed by atoms with Crippen LogP contribution in [0.5, 0.6) is 0 Å². The second kappa shape index (κ2) is 3.88. The largest absolute Gasteiger partial charge is 0.331 e. The van der Waals surface area contributed by atoms with E-state index in [2.05, 4.69) is 11.5 Å². The highest BCUT2D eigenvalue weighted by molar-refractivity contribution is 5.22. The van der Waals surface area contributed by atoms with Gasteiger partial charge in [0.15, 0.2) is 0 Å². The number of hydrogen-bond acceptors (Lipinski definition) is 2. The van der Waals surface area contributed by atoms with Gasteiger partial charge in [0.2, 0.25) is 0 Å². The molecule has 2 heterocycles. The molecule has 88 valence electrons. The second-order valence-electron chi connectivity index (χ2n) is 5.45. The molecule has 1 atom stereocenters. The van der Waals surface area contributed by atoms with Crippen molar-refractivity contribution in [3.05, 3.63) is 17.2 Å². The van der Waals surface area contributed by atoms with Crippen molar-refractivity contribution in [2.45, 2.75) is 58.0 Å². The number of rotatable bonds is 2. The number of nitrogens with two attached hydrogens (primary N) is 1. The Bertz CT molecular complexity index is 390. The van der Waals surface area contributed by atoms with E-state index < -0.39 is 0 Å². The van der Waals surface area contributed by atoms with E-state index in [0.29, 0.717) is 6.54 Å². The lowest BCUT2D eigenvalue weighted by molar-refractivity contribution is 0.344. The van der Waals surface area contributed by atoms with E-state index in [1.54, 1.807) is 0 Å². The van der Waals surface area contributed by atoms with Crippen molar-refractivity contribution >= 4 is 0 Å². The molecule has 1 aromatic heterocycles. The van der Waals surface area contributed by atoms with Gasteiger partial charge in [-0.15, -0.1) is 0 Å². The summed E-state index contributed by atoms with van der Waals surface area (Å²) >= 11 is 0.